The molecule has 1 saturated heterocycles. The fraction of sp³-hybridized carbons (Fsp3) is 1.00. The van der Waals surface area contributed by atoms with E-state index in [0.29, 0.717) is 6.54 Å². The summed E-state index contributed by atoms with van der Waals surface area (Å²) in [6, 6.07) is -0.970. The zero-order valence-electron chi connectivity index (χ0n) is 5.68. The molecule has 2 N–H and O–H groups in total. The van der Waals surface area contributed by atoms with Crippen LogP contribution in [0.2, 0.25) is 0 Å². The number of nitrogens with zero attached hydrogens (tertiary/aromatic N) is 1. The monoisotopic (exact) mass is 172 g/mol. The lowest BCUT2D eigenvalue weighted by molar-refractivity contribution is 0.000960. The molecule has 0 spiro atoms. The van der Waals surface area contributed by atoms with Crippen LogP contribution in [0.3, 0.4) is 0 Å². The molecule has 1 rings (SSSR count). The molecule has 5 heteroatoms. The summed E-state index contributed by atoms with van der Waals surface area (Å²) in [4.78, 5) is 1.53. The lowest BCUT2D eigenvalue weighted by atomic mass is 10.2. The van der Waals surface area contributed by atoms with Crippen molar-refractivity contribution in [2.45, 2.75) is 12.0 Å². The van der Waals surface area contributed by atoms with E-state index in [2.05, 4.69) is 0 Å². The van der Waals surface area contributed by atoms with Crippen molar-refractivity contribution in [1.82, 2.24) is 4.90 Å². The maximum Gasteiger partial charge on any atom is 0.276 e. The van der Waals surface area contributed by atoms with Gasteiger partial charge >= 0.3 is 0 Å². The van der Waals surface area contributed by atoms with Crippen LogP contribution >= 0.6 is 12.4 Å². The average Bonchev–Trinajstić information content (AvgIpc) is 1.79. The van der Waals surface area contributed by atoms with Crippen LogP contribution in [0.15, 0.2) is 0 Å². The maximum absolute atomic E-state index is 12.4. The molecule has 0 saturated carbocycles. The molecule has 1 aliphatic heterocycles. The van der Waals surface area contributed by atoms with E-state index in [-0.39, 0.29) is 19.0 Å². The third-order valence-electron chi connectivity index (χ3n) is 1.53. The van der Waals surface area contributed by atoms with Gasteiger partial charge in [0.1, 0.15) is 0 Å². The van der Waals surface area contributed by atoms with Crippen LogP contribution in [0.5, 0.6) is 0 Å². The Bertz CT molecular complexity index is 120. The Labute approximate surface area is 64.8 Å². The highest BCUT2D eigenvalue weighted by Crippen LogP contribution is 2.24. The second kappa shape index (κ2) is 2.98. The minimum Gasteiger partial charge on any atom is -0.322 e. The van der Waals surface area contributed by atoms with Crippen molar-refractivity contribution in [3.63, 3.8) is 0 Å². The summed E-state index contributed by atoms with van der Waals surface area (Å²) in [5.74, 6) is -2.67. The normalized spacial score (nSPS) is 31.8. The Kier molecular flexibility index (Phi) is 3.00. The Morgan fingerprint density at radius 2 is 2.10 bits per heavy atom. The SMILES string of the molecule is CN1CC(N)C(F)(F)C1.Cl. The zero-order valence-corrected chi connectivity index (χ0v) is 6.50. The van der Waals surface area contributed by atoms with Gasteiger partial charge in [-0.2, -0.15) is 0 Å². The molecular weight excluding hydrogens is 162 g/mol. The first-order valence-electron chi connectivity index (χ1n) is 2.84. The van der Waals surface area contributed by atoms with Gasteiger partial charge in [-0.25, -0.2) is 8.78 Å². The smallest absolute Gasteiger partial charge is 0.276 e. The van der Waals surface area contributed by atoms with Crippen molar-refractivity contribution >= 4 is 12.4 Å². The van der Waals surface area contributed by atoms with Gasteiger partial charge in [0.05, 0.1) is 12.6 Å². The maximum atomic E-state index is 12.4. The van der Waals surface area contributed by atoms with Gasteiger partial charge in [-0.15, -0.1) is 12.4 Å². The number of hydrogen-bond donors (Lipinski definition) is 1. The molecule has 0 aromatic rings. The van der Waals surface area contributed by atoms with Gasteiger partial charge in [-0.3, -0.25) is 4.90 Å². The molecule has 10 heavy (non-hydrogen) atoms. The lowest BCUT2D eigenvalue weighted by Gasteiger charge is -2.11. The van der Waals surface area contributed by atoms with Crippen LogP contribution < -0.4 is 5.73 Å². The predicted molar refractivity (Wildman–Crippen MR) is 37.7 cm³/mol. The highest BCUT2D eigenvalue weighted by atomic mass is 35.5. The third kappa shape index (κ3) is 1.78. The molecule has 1 fully saturated rings. The third-order valence-corrected chi connectivity index (χ3v) is 1.53. The van der Waals surface area contributed by atoms with Crippen LogP contribution in [0.1, 0.15) is 0 Å². The molecule has 2 nitrogen and oxygen atoms in total. The van der Waals surface area contributed by atoms with Crippen molar-refractivity contribution in [3.05, 3.63) is 0 Å². The molecule has 0 amide bonds. The van der Waals surface area contributed by atoms with Crippen molar-refractivity contribution < 1.29 is 8.78 Å². The Morgan fingerprint density at radius 1 is 1.60 bits per heavy atom. The van der Waals surface area contributed by atoms with E-state index in [4.69, 9.17) is 5.73 Å². The van der Waals surface area contributed by atoms with Crippen molar-refractivity contribution in [2.75, 3.05) is 20.1 Å². The van der Waals surface area contributed by atoms with Gasteiger partial charge in [0, 0.05) is 6.54 Å². The lowest BCUT2D eigenvalue weighted by Crippen LogP contribution is -2.38. The molecule has 0 aromatic heterocycles. The van der Waals surface area contributed by atoms with Crippen molar-refractivity contribution in [1.29, 1.82) is 0 Å². The fourth-order valence-corrected chi connectivity index (χ4v) is 1.01. The Balaban J connectivity index is 0.000000810. The minimum absolute atomic E-state index is 0. The van der Waals surface area contributed by atoms with Gasteiger partial charge in [0.2, 0.25) is 0 Å². The predicted octanol–water partition coefficient (Wildman–Crippen LogP) is 0.316. The topological polar surface area (TPSA) is 29.3 Å². The first kappa shape index (κ1) is 10.1. The molecule has 62 valence electrons. The molecule has 1 aliphatic rings. The first-order valence-corrected chi connectivity index (χ1v) is 2.84. The molecule has 1 unspecified atom stereocenters. The van der Waals surface area contributed by atoms with E-state index in [1.54, 1.807) is 7.05 Å². The van der Waals surface area contributed by atoms with E-state index in [1.165, 1.54) is 4.90 Å². The van der Waals surface area contributed by atoms with Crippen LogP contribution in [-0.2, 0) is 0 Å². The van der Waals surface area contributed by atoms with E-state index in [0.717, 1.165) is 0 Å². The van der Waals surface area contributed by atoms with Crippen LogP contribution in [0.25, 0.3) is 0 Å². The Morgan fingerprint density at radius 3 is 2.20 bits per heavy atom. The highest BCUT2D eigenvalue weighted by molar-refractivity contribution is 5.85. The summed E-state index contributed by atoms with van der Waals surface area (Å²) < 4.78 is 24.8. The summed E-state index contributed by atoms with van der Waals surface area (Å²) in [6.07, 6.45) is 0. The summed E-state index contributed by atoms with van der Waals surface area (Å²) in [6.45, 7) is 0.0984. The summed E-state index contributed by atoms with van der Waals surface area (Å²) >= 11 is 0. The number of halogens is 3. The summed E-state index contributed by atoms with van der Waals surface area (Å²) in [5.41, 5.74) is 5.11. The molecule has 1 atom stereocenters. The average molecular weight is 173 g/mol. The fourth-order valence-electron chi connectivity index (χ4n) is 1.01. The van der Waals surface area contributed by atoms with E-state index in [9.17, 15) is 8.78 Å². The van der Waals surface area contributed by atoms with Crippen molar-refractivity contribution in [3.8, 4) is 0 Å². The van der Waals surface area contributed by atoms with Gasteiger partial charge < -0.3 is 5.73 Å². The largest absolute Gasteiger partial charge is 0.322 e. The minimum atomic E-state index is -2.67. The number of likely N-dealkylation sites (N-methyl/N-ethyl adjacent to an activating group) is 1. The number of nitrogens with two attached hydrogens (primary N) is 1. The second-order valence-corrected chi connectivity index (χ2v) is 2.56. The van der Waals surface area contributed by atoms with Crippen LogP contribution in [0, 0.1) is 0 Å². The van der Waals surface area contributed by atoms with Gasteiger partial charge in [0.15, 0.2) is 0 Å². The van der Waals surface area contributed by atoms with Gasteiger partial charge in [0.25, 0.3) is 5.92 Å². The summed E-state index contributed by atoms with van der Waals surface area (Å²) in [7, 11) is 1.64. The molecule has 0 radical (unpaired) electrons. The standard InChI is InChI=1S/C5H10F2N2.ClH/c1-9-2-4(8)5(6,7)3-9;/h4H,2-3,8H2,1H3;1H. The quantitative estimate of drug-likeness (QED) is 0.570. The number of likely N-dealkylation sites (tertiary alicyclic amines) is 1. The second-order valence-electron chi connectivity index (χ2n) is 2.56. The number of rotatable bonds is 0. The number of alkyl halides is 2. The van der Waals surface area contributed by atoms with Gasteiger partial charge in [-0.1, -0.05) is 0 Å². The summed E-state index contributed by atoms with van der Waals surface area (Å²) in [5, 5.41) is 0. The first-order chi connectivity index (χ1) is 4.02. The van der Waals surface area contributed by atoms with E-state index >= 15 is 0 Å². The van der Waals surface area contributed by atoms with Crippen molar-refractivity contribution in [2.24, 2.45) is 5.73 Å². The Hall–Kier alpha value is 0.0700. The zero-order chi connectivity index (χ0) is 7.07. The van der Waals surface area contributed by atoms with E-state index < -0.39 is 12.0 Å². The molecule has 0 aliphatic carbocycles. The highest BCUT2D eigenvalue weighted by Gasteiger charge is 2.44. The molecule has 0 aromatic carbocycles. The molecule has 1 heterocycles. The van der Waals surface area contributed by atoms with E-state index in [1.807, 2.05) is 0 Å². The van der Waals surface area contributed by atoms with Gasteiger partial charge in [-0.05, 0) is 7.05 Å². The molecular formula is C5H11ClF2N2. The molecule has 0 bridgehead atoms. The number of hydrogen-bond acceptors (Lipinski definition) is 2. The van der Waals surface area contributed by atoms with Crippen LogP contribution in [0.4, 0.5) is 8.78 Å². The van der Waals surface area contributed by atoms with Crippen LogP contribution in [-0.4, -0.2) is 37.0 Å².